The second-order valence-corrected chi connectivity index (χ2v) is 4.72. The maximum absolute atomic E-state index is 5.34. The maximum Gasteiger partial charge on any atom is 0.0594 e. The maximum atomic E-state index is 5.34. The van der Waals surface area contributed by atoms with Gasteiger partial charge in [-0.15, -0.1) is 0 Å². The summed E-state index contributed by atoms with van der Waals surface area (Å²) in [7, 11) is 0. The molecule has 1 aliphatic heterocycles. The van der Waals surface area contributed by atoms with Crippen molar-refractivity contribution in [3.63, 3.8) is 0 Å². The van der Waals surface area contributed by atoms with E-state index in [4.69, 9.17) is 4.74 Å². The molecule has 0 aromatic heterocycles. The van der Waals surface area contributed by atoms with E-state index in [1.807, 2.05) is 0 Å². The van der Waals surface area contributed by atoms with E-state index in [1.54, 1.807) is 0 Å². The molecule has 0 unspecified atom stereocenters. The fraction of sp³-hybridized carbons (Fsp3) is 1.00. The minimum Gasteiger partial charge on any atom is -0.379 e. The van der Waals surface area contributed by atoms with Crippen molar-refractivity contribution in [2.45, 2.75) is 19.3 Å². The van der Waals surface area contributed by atoms with Crippen LogP contribution >= 0.6 is 12.6 Å². The Kier molecular flexibility index (Phi) is 3.17. The van der Waals surface area contributed by atoms with Gasteiger partial charge in [-0.05, 0) is 24.0 Å². The summed E-state index contributed by atoms with van der Waals surface area (Å²) in [5.41, 5.74) is 0.556. The third-order valence-electron chi connectivity index (χ3n) is 3.41. The van der Waals surface area contributed by atoms with Gasteiger partial charge in [-0.2, -0.15) is 12.6 Å². The highest BCUT2D eigenvalue weighted by Crippen LogP contribution is 2.42. The van der Waals surface area contributed by atoms with Gasteiger partial charge in [0, 0.05) is 19.6 Å². The number of morpholine rings is 1. The van der Waals surface area contributed by atoms with E-state index >= 15 is 0 Å². The van der Waals surface area contributed by atoms with Crippen molar-refractivity contribution in [1.29, 1.82) is 0 Å². The third-order valence-corrected chi connectivity index (χ3v) is 4.08. The molecule has 1 heterocycles. The van der Waals surface area contributed by atoms with E-state index in [1.165, 1.54) is 25.8 Å². The molecule has 13 heavy (non-hydrogen) atoms. The fourth-order valence-corrected chi connectivity index (χ4v) is 2.69. The summed E-state index contributed by atoms with van der Waals surface area (Å²) < 4.78 is 5.34. The minimum absolute atomic E-state index is 0.556. The molecule has 0 N–H and O–H groups in total. The predicted molar refractivity (Wildman–Crippen MR) is 57.4 cm³/mol. The van der Waals surface area contributed by atoms with Crippen LogP contribution in [0.15, 0.2) is 0 Å². The summed E-state index contributed by atoms with van der Waals surface area (Å²) in [5, 5.41) is 0. The van der Waals surface area contributed by atoms with Gasteiger partial charge in [0.1, 0.15) is 0 Å². The summed E-state index contributed by atoms with van der Waals surface area (Å²) in [4.78, 5) is 2.54. The van der Waals surface area contributed by atoms with Gasteiger partial charge < -0.3 is 4.74 Å². The Morgan fingerprint density at radius 3 is 2.38 bits per heavy atom. The zero-order valence-corrected chi connectivity index (χ0v) is 9.06. The van der Waals surface area contributed by atoms with Gasteiger partial charge in [0.25, 0.3) is 0 Å². The molecule has 0 spiro atoms. The lowest BCUT2D eigenvalue weighted by atomic mass is 9.70. The lowest BCUT2D eigenvalue weighted by Gasteiger charge is -2.45. The monoisotopic (exact) mass is 201 g/mol. The minimum atomic E-state index is 0.556. The van der Waals surface area contributed by atoms with Crippen LogP contribution in [0.1, 0.15) is 19.3 Å². The Balaban J connectivity index is 1.81. The summed E-state index contributed by atoms with van der Waals surface area (Å²) in [6.07, 6.45) is 4.17. The number of rotatable bonds is 3. The second-order valence-electron chi connectivity index (χ2n) is 4.40. The number of thiol groups is 1. The van der Waals surface area contributed by atoms with Crippen LogP contribution in [0.3, 0.4) is 0 Å². The molecule has 0 aromatic carbocycles. The van der Waals surface area contributed by atoms with Crippen LogP contribution in [0.25, 0.3) is 0 Å². The SMILES string of the molecule is SCC1(CN2CCOCC2)CCC1. The highest BCUT2D eigenvalue weighted by molar-refractivity contribution is 7.80. The average Bonchev–Trinajstić information content (AvgIpc) is 2.13. The fourth-order valence-electron chi connectivity index (χ4n) is 2.28. The highest BCUT2D eigenvalue weighted by atomic mass is 32.1. The summed E-state index contributed by atoms with van der Waals surface area (Å²) >= 11 is 4.47. The van der Waals surface area contributed by atoms with Crippen LogP contribution in [0.4, 0.5) is 0 Å². The van der Waals surface area contributed by atoms with E-state index in [2.05, 4.69) is 17.5 Å². The van der Waals surface area contributed by atoms with Gasteiger partial charge in [0.05, 0.1) is 13.2 Å². The normalized spacial score (nSPS) is 28.4. The molecule has 3 heteroatoms. The zero-order valence-electron chi connectivity index (χ0n) is 8.17. The zero-order chi connectivity index (χ0) is 9.15. The first-order chi connectivity index (χ1) is 6.35. The Bertz CT molecular complexity index is 159. The second kappa shape index (κ2) is 4.20. The molecular formula is C10H19NOS. The smallest absolute Gasteiger partial charge is 0.0594 e. The van der Waals surface area contributed by atoms with Gasteiger partial charge >= 0.3 is 0 Å². The van der Waals surface area contributed by atoms with E-state index < -0.39 is 0 Å². The number of nitrogens with zero attached hydrogens (tertiary/aromatic N) is 1. The lowest BCUT2D eigenvalue weighted by molar-refractivity contribution is 0.00297. The molecule has 0 bridgehead atoms. The van der Waals surface area contributed by atoms with Crippen molar-refractivity contribution in [2.75, 3.05) is 38.6 Å². The van der Waals surface area contributed by atoms with Crippen molar-refractivity contribution in [3.05, 3.63) is 0 Å². The first kappa shape index (κ1) is 9.81. The van der Waals surface area contributed by atoms with E-state index in [-0.39, 0.29) is 0 Å². The highest BCUT2D eigenvalue weighted by Gasteiger charge is 2.37. The summed E-state index contributed by atoms with van der Waals surface area (Å²) in [5.74, 6) is 1.06. The van der Waals surface area contributed by atoms with Crippen molar-refractivity contribution >= 4 is 12.6 Å². The van der Waals surface area contributed by atoms with Crippen LogP contribution in [0.2, 0.25) is 0 Å². The molecule has 76 valence electrons. The van der Waals surface area contributed by atoms with E-state index in [0.29, 0.717) is 5.41 Å². The van der Waals surface area contributed by atoms with Gasteiger partial charge in [0.15, 0.2) is 0 Å². The van der Waals surface area contributed by atoms with Gasteiger partial charge in [-0.3, -0.25) is 4.90 Å². The quantitative estimate of drug-likeness (QED) is 0.693. The molecule has 0 radical (unpaired) electrons. The molecule has 2 aliphatic rings. The number of hydrogen-bond acceptors (Lipinski definition) is 3. The molecule has 2 rings (SSSR count). The molecule has 0 aromatic rings. The van der Waals surface area contributed by atoms with Crippen molar-refractivity contribution in [2.24, 2.45) is 5.41 Å². The van der Waals surface area contributed by atoms with Crippen molar-refractivity contribution in [1.82, 2.24) is 4.90 Å². The molecule has 2 fully saturated rings. The van der Waals surface area contributed by atoms with Crippen LogP contribution < -0.4 is 0 Å². The Hall–Kier alpha value is 0.270. The molecule has 0 amide bonds. The van der Waals surface area contributed by atoms with Gasteiger partial charge in [-0.25, -0.2) is 0 Å². The number of ether oxygens (including phenoxy) is 1. The van der Waals surface area contributed by atoms with Crippen molar-refractivity contribution < 1.29 is 4.74 Å². The van der Waals surface area contributed by atoms with Gasteiger partial charge in [0.2, 0.25) is 0 Å². The third kappa shape index (κ3) is 2.20. The van der Waals surface area contributed by atoms with E-state index in [9.17, 15) is 0 Å². The molecule has 1 aliphatic carbocycles. The molecule has 0 atom stereocenters. The average molecular weight is 201 g/mol. The molecule has 1 saturated heterocycles. The molecule has 1 saturated carbocycles. The Labute approximate surface area is 86.0 Å². The topological polar surface area (TPSA) is 12.5 Å². The standard InChI is InChI=1S/C10H19NOS/c13-9-10(2-1-3-10)8-11-4-6-12-7-5-11/h13H,1-9H2. The first-order valence-corrected chi connectivity index (χ1v) is 5.89. The predicted octanol–water partition coefficient (Wildman–Crippen LogP) is 1.42. The Morgan fingerprint density at radius 2 is 1.92 bits per heavy atom. The van der Waals surface area contributed by atoms with Crippen LogP contribution in [-0.4, -0.2) is 43.5 Å². The van der Waals surface area contributed by atoms with E-state index in [0.717, 1.165) is 32.1 Å². The van der Waals surface area contributed by atoms with Crippen LogP contribution in [0, 0.1) is 5.41 Å². The number of hydrogen-bond donors (Lipinski definition) is 1. The lowest BCUT2D eigenvalue weighted by Crippen LogP contribution is -2.47. The summed E-state index contributed by atoms with van der Waals surface area (Å²) in [6, 6.07) is 0. The first-order valence-electron chi connectivity index (χ1n) is 5.26. The largest absolute Gasteiger partial charge is 0.379 e. The van der Waals surface area contributed by atoms with Crippen LogP contribution in [-0.2, 0) is 4.74 Å². The van der Waals surface area contributed by atoms with Crippen molar-refractivity contribution in [3.8, 4) is 0 Å². The van der Waals surface area contributed by atoms with Gasteiger partial charge in [-0.1, -0.05) is 6.42 Å². The van der Waals surface area contributed by atoms with Crippen LogP contribution in [0.5, 0.6) is 0 Å². The molecular weight excluding hydrogens is 182 g/mol. The summed E-state index contributed by atoms with van der Waals surface area (Å²) in [6.45, 7) is 5.33. The Morgan fingerprint density at radius 1 is 1.23 bits per heavy atom. The molecule has 2 nitrogen and oxygen atoms in total.